The Morgan fingerprint density at radius 2 is 1.69 bits per heavy atom. The van der Waals surface area contributed by atoms with Gasteiger partial charge in [0.15, 0.2) is 0 Å². The summed E-state index contributed by atoms with van der Waals surface area (Å²) in [7, 11) is 0. The Morgan fingerprint density at radius 1 is 1.08 bits per heavy atom. The van der Waals surface area contributed by atoms with Crippen molar-refractivity contribution >= 4 is 0 Å². The molecule has 2 heterocycles. The molecule has 0 radical (unpaired) electrons. The molecule has 0 bridgehead atoms. The van der Waals surface area contributed by atoms with E-state index in [0.717, 1.165) is 45.4 Å². The van der Waals surface area contributed by atoms with Crippen molar-refractivity contribution in [3.63, 3.8) is 0 Å². The summed E-state index contributed by atoms with van der Waals surface area (Å²) in [6.45, 7) is 6.25. The van der Waals surface area contributed by atoms with Crippen molar-refractivity contribution in [2.75, 3.05) is 39.4 Å². The fourth-order valence-corrected chi connectivity index (χ4v) is 2.04. The van der Waals surface area contributed by atoms with Crippen LogP contribution < -0.4 is 51.4 Å². The summed E-state index contributed by atoms with van der Waals surface area (Å²) in [5, 5.41) is 4.36. The number of morpholine rings is 1. The zero-order chi connectivity index (χ0) is 8.23. The first-order chi connectivity index (χ1) is 5.97. The largest absolute Gasteiger partial charge is 1.00 e. The van der Waals surface area contributed by atoms with E-state index in [-0.39, 0.29) is 51.4 Å². The summed E-state index contributed by atoms with van der Waals surface area (Å²) in [6.07, 6.45) is 2.53. The summed E-state index contributed by atoms with van der Waals surface area (Å²) in [5.74, 6) is 0. The second-order valence-corrected chi connectivity index (χ2v) is 3.55. The third-order valence-corrected chi connectivity index (χ3v) is 2.80. The molecular formula is C9H17KN2O. The van der Waals surface area contributed by atoms with Gasteiger partial charge in [-0.3, -0.25) is 4.90 Å². The monoisotopic (exact) mass is 208 g/mol. The van der Waals surface area contributed by atoms with E-state index in [1.54, 1.807) is 0 Å². The van der Waals surface area contributed by atoms with Crippen molar-refractivity contribution in [3.05, 3.63) is 5.32 Å². The van der Waals surface area contributed by atoms with Gasteiger partial charge in [-0.05, 0) is 0 Å². The number of nitrogens with zero attached hydrogens (tertiary/aromatic N) is 2. The molecule has 70 valence electrons. The van der Waals surface area contributed by atoms with Gasteiger partial charge in [0.25, 0.3) is 0 Å². The van der Waals surface area contributed by atoms with Gasteiger partial charge in [-0.15, -0.1) is 13.1 Å². The zero-order valence-electron chi connectivity index (χ0n) is 8.54. The summed E-state index contributed by atoms with van der Waals surface area (Å²) in [6, 6.07) is 0.798. The fourth-order valence-electron chi connectivity index (χ4n) is 2.04. The summed E-state index contributed by atoms with van der Waals surface area (Å²) in [4.78, 5) is 2.57. The first-order valence-electron chi connectivity index (χ1n) is 4.92. The van der Waals surface area contributed by atoms with E-state index in [9.17, 15) is 0 Å². The smallest absolute Gasteiger partial charge is 0.662 e. The van der Waals surface area contributed by atoms with Crippen molar-refractivity contribution in [2.24, 2.45) is 0 Å². The fraction of sp³-hybridized carbons (Fsp3) is 1.00. The van der Waals surface area contributed by atoms with Crippen LogP contribution in [-0.4, -0.2) is 50.3 Å². The maximum atomic E-state index is 5.33. The maximum absolute atomic E-state index is 5.33. The second-order valence-electron chi connectivity index (χ2n) is 3.55. The van der Waals surface area contributed by atoms with Gasteiger partial charge in [0, 0.05) is 19.1 Å². The quantitative estimate of drug-likeness (QED) is 0.460. The Bertz CT molecular complexity index is 118. The maximum Gasteiger partial charge on any atom is 1.00 e. The first kappa shape index (κ1) is 12.6. The molecule has 0 aromatic rings. The molecule has 0 atom stereocenters. The van der Waals surface area contributed by atoms with Crippen molar-refractivity contribution in [1.82, 2.24) is 4.90 Å². The van der Waals surface area contributed by atoms with Gasteiger partial charge in [0.05, 0.1) is 13.2 Å². The predicted octanol–water partition coefficient (Wildman–Crippen LogP) is -2.14. The number of hydrogen-bond donors (Lipinski definition) is 0. The average Bonchev–Trinajstić information content (AvgIpc) is 2.21. The van der Waals surface area contributed by atoms with Crippen LogP contribution in [0.4, 0.5) is 0 Å². The molecule has 0 amide bonds. The molecule has 2 aliphatic rings. The molecule has 2 fully saturated rings. The van der Waals surface area contributed by atoms with Gasteiger partial charge in [-0.25, -0.2) is 0 Å². The van der Waals surface area contributed by atoms with Crippen molar-refractivity contribution < 1.29 is 56.1 Å². The number of hydrogen-bond acceptors (Lipinski definition) is 2. The Labute approximate surface area is 123 Å². The summed E-state index contributed by atoms with van der Waals surface area (Å²) >= 11 is 0. The third kappa shape index (κ3) is 3.87. The van der Waals surface area contributed by atoms with E-state index in [1.165, 1.54) is 12.8 Å². The minimum Gasteiger partial charge on any atom is -0.662 e. The van der Waals surface area contributed by atoms with E-state index in [4.69, 9.17) is 4.74 Å². The number of ether oxygens (including phenoxy) is 1. The molecular weight excluding hydrogens is 191 g/mol. The van der Waals surface area contributed by atoms with Crippen molar-refractivity contribution in [3.8, 4) is 0 Å². The topological polar surface area (TPSA) is 26.6 Å². The van der Waals surface area contributed by atoms with Gasteiger partial charge in [0.2, 0.25) is 0 Å². The molecule has 2 saturated heterocycles. The molecule has 2 rings (SSSR count). The summed E-state index contributed by atoms with van der Waals surface area (Å²) in [5.41, 5.74) is 0. The third-order valence-electron chi connectivity index (χ3n) is 2.80. The zero-order valence-corrected chi connectivity index (χ0v) is 11.7. The van der Waals surface area contributed by atoms with Crippen LogP contribution in [0.15, 0.2) is 0 Å². The molecule has 0 spiro atoms. The van der Waals surface area contributed by atoms with Crippen molar-refractivity contribution in [2.45, 2.75) is 18.9 Å². The molecule has 0 N–H and O–H groups in total. The minimum atomic E-state index is 0. The average molecular weight is 208 g/mol. The molecule has 0 unspecified atom stereocenters. The van der Waals surface area contributed by atoms with Crippen LogP contribution in [0.1, 0.15) is 12.8 Å². The Balaban J connectivity index is 0.000000845. The van der Waals surface area contributed by atoms with E-state index in [0.29, 0.717) is 0 Å². The van der Waals surface area contributed by atoms with Crippen LogP contribution in [0.3, 0.4) is 0 Å². The van der Waals surface area contributed by atoms with Crippen LogP contribution in [0.5, 0.6) is 0 Å². The molecule has 0 aromatic heterocycles. The Morgan fingerprint density at radius 3 is 2.31 bits per heavy atom. The minimum absolute atomic E-state index is 0. The molecule has 3 nitrogen and oxygen atoms in total. The van der Waals surface area contributed by atoms with Gasteiger partial charge < -0.3 is 10.1 Å². The Hall–Kier alpha value is 1.52. The SMILES string of the molecule is C1CC(N2CCOCC2)CC[N-]1.[K+]. The normalized spacial score (nSPS) is 26.8. The van der Waals surface area contributed by atoms with Crippen LogP contribution in [-0.2, 0) is 4.74 Å². The van der Waals surface area contributed by atoms with Crippen LogP contribution >= 0.6 is 0 Å². The van der Waals surface area contributed by atoms with E-state index >= 15 is 0 Å². The van der Waals surface area contributed by atoms with E-state index < -0.39 is 0 Å². The number of rotatable bonds is 1. The van der Waals surface area contributed by atoms with E-state index in [1.807, 2.05) is 0 Å². The molecule has 0 aliphatic carbocycles. The Kier molecular flexibility index (Phi) is 6.68. The number of piperidine rings is 1. The van der Waals surface area contributed by atoms with Gasteiger partial charge >= 0.3 is 51.4 Å². The van der Waals surface area contributed by atoms with Crippen LogP contribution in [0, 0.1) is 0 Å². The van der Waals surface area contributed by atoms with Gasteiger partial charge in [-0.2, -0.15) is 0 Å². The van der Waals surface area contributed by atoms with Gasteiger partial charge in [-0.1, -0.05) is 12.8 Å². The first-order valence-corrected chi connectivity index (χ1v) is 4.92. The summed E-state index contributed by atoms with van der Waals surface area (Å²) < 4.78 is 5.33. The van der Waals surface area contributed by atoms with Crippen LogP contribution in [0.25, 0.3) is 5.32 Å². The molecule has 0 aromatic carbocycles. The van der Waals surface area contributed by atoms with Gasteiger partial charge in [0.1, 0.15) is 0 Å². The van der Waals surface area contributed by atoms with Crippen LogP contribution in [0.2, 0.25) is 0 Å². The predicted molar refractivity (Wildman–Crippen MR) is 48.5 cm³/mol. The standard InChI is InChI=1S/C9H17N2O.K/c1-3-10-4-2-9(1)11-5-7-12-8-6-11;/h9H,1-8H2;/q-1;+1. The second kappa shape index (κ2) is 6.90. The molecule has 4 heteroatoms. The van der Waals surface area contributed by atoms with Crippen molar-refractivity contribution in [1.29, 1.82) is 0 Å². The molecule has 2 aliphatic heterocycles. The molecule has 0 saturated carbocycles. The molecule has 13 heavy (non-hydrogen) atoms. The van der Waals surface area contributed by atoms with E-state index in [2.05, 4.69) is 10.2 Å².